The number of rotatable bonds is 4. The van der Waals surface area contributed by atoms with Gasteiger partial charge in [0.05, 0.1) is 0 Å². The molecule has 1 aliphatic carbocycles. The van der Waals surface area contributed by atoms with Crippen molar-refractivity contribution in [3.05, 3.63) is 36.0 Å². The Hall–Kier alpha value is -1.61. The Morgan fingerprint density at radius 3 is 2.32 bits per heavy atom. The molecule has 0 atom stereocenters. The van der Waals surface area contributed by atoms with Gasteiger partial charge in [0.25, 0.3) is 0 Å². The molecule has 2 aromatic rings. The number of hydrogen-bond acceptors (Lipinski definition) is 3. The minimum atomic E-state index is 0.596. The van der Waals surface area contributed by atoms with Crippen LogP contribution in [0.1, 0.15) is 76.7 Å². The van der Waals surface area contributed by atoms with Crippen LogP contribution < -0.4 is 5.32 Å². The van der Waals surface area contributed by atoms with Crippen LogP contribution in [0.15, 0.2) is 30.5 Å². The van der Waals surface area contributed by atoms with Crippen LogP contribution in [0.2, 0.25) is 0 Å². The molecule has 2 aliphatic heterocycles. The maximum absolute atomic E-state index is 4.74. The maximum atomic E-state index is 4.74. The number of aromatic nitrogens is 1. The Labute approximate surface area is 169 Å². The molecule has 3 fully saturated rings. The minimum absolute atomic E-state index is 0.596. The Morgan fingerprint density at radius 1 is 0.893 bits per heavy atom. The standard InChI is InChI=1S/C25H35N3/c1-18-8-12-22(13-9-18)27-25-15-20-11-10-19(14-21(20)16-26-25)17-28-23-4-2-5-24(28)7-3-6-23/h10-11,14-16,18,22-24H,2-9,12-13,17H2,1H3,(H,26,27). The van der Waals surface area contributed by atoms with Crippen LogP contribution >= 0.6 is 0 Å². The van der Waals surface area contributed by atoms with Crippen molar-refractivity contribution in [3.8, 4) is 0 Å². The van der Waals surface area contributed by atoms with Crippen LogP contribution in [0.3, 0.4) is 0 Å². The van der Waals surface area contributed by atoms with E-state index in [-0.39, 0.29) is 0 Å². The number of anilines is 1. The van der Waals surface area contributed by atoms with E-state index in [9.17, 15) is 0 Å². The molecule has 2 bridgehead atoms. The molecule has 1 aromatic heterocycles. The number of pyridine rings is 1. The fourth-order valence-electron chi connectivity index (χ4n) is 5.88. The van der Waals surface area contributed by atoms with Crippen molar-refractivity contribution in [1.82, 2.24) is 9.88 Å². The van der Waals surface area contributed by atoms with E-state index in [2.05, 4.69) is 47.6 Å². The fourth-order valence-corrected chi connectivity index (χ4v) is 5.88. The highest BCUT2D eigenvalue weighted by Crippen LogP contribution is 2.35. The van der Waals surface area contributed by atoms with Gasteiger partial charge in [-0.1, -0.05) is 31.9 Å². The van der Waals surface area contributed by atoms with Crippen LogP contribution in [0.25, 0.3) is 10.8 Å². The summed E-state index contributed by atoms with van der Waals surface area (Å²) in [6.45, 7) is 3.49. The lowest BCUT2D eigenvalue weighted by molar-refractivity contribution is 0.0332. The summed E-state index contributed by atoms with van der Waals surface area (Å²) in [5, 5.41) is 6.27. The molecular weight excluding hydrogens is 342 g/mol. The number of fused-ring (bicyclic) bond motifs is 3. The zero-order valence-corrected chi connectivity index (χ0v) is 17.4. The van der Waals surface area contributed by atoms with E-state index in [1.165, 1.54) is 80.5 Å². The van der Waals surface area contributed by atoms with Crippen molar-refractivity contribution in [2.75, 3.05) is 5.32 Å². The van der Waals surface area contributed by atoms with E-state index in [1.807, 2.05) is 0 Å². The SMILES string of the molecule is CC1CCC(Nc2cc3ccc(CN4C5CCCC4CCC5)cc3cn2)CC1. The summed E-state index contributed by atoms with van der Waals surface area (Å²) in [5.41, 5.74) is 1.45. The zero-order chi connectivity index (χ0) is 18.9. The number of piperidine rings is 2. The Bertz CT molecular complexity index is 787. The number of hydrogen-bond donors (Lipinski definition) is 1. The van der Waals surface area contributed by atoms with Gasteiger partial charge < -0.3 is 5.32 Å². The summed E-state index contributed by atoms with van der Waals surface area (Å²) in [7, 11) is 0. The number of benzene rings is 1. The first-order valence-electron chi connectivity index (χ1n) is 11.7. The summed E-state index contributed by atoms with van der Waals surface area (Å²) in [5.74, 6) is 1.94. The molecule has 28 heavy (non-hydrogen) atoms. The average Bonchev–Trinajstić information content (AvgIpc) is 2.70. The summed E-state index contributed by atoms with van der Waals surface area (Å²) in [4.78, 5) is 7.55. The van der Waals surface area contributed by atoms with Crippen molar-refractivity contribution in [1.29, 1.82) is 0 Å². The molecule has 3 nitrogen and oxygen atoms in total. The Balaban J connectivity index is 1.28. The summed E-state index contributed by atoms with van der Waals surface area (Å²) < 4.78 is 0. The van der Waals surface area contributed by atoms with Crippen molar-refractivity contribution >= 4 is 16.6 Å². The highest BCUT2D eigenvalue weighted by atomic mass is 15.2. The highest BCUT2D eigenvalue weighted by Gasteiger charge is 2.33. The number of nitrogens with one attached hydrogen (secondary N) is 1. The molecule has 1 saturated carbocycles. The normalized spacial score (nSPS) is 31.0. The summed E-state index contributed by atoms with van der Waals surface area (Å²) in [6, 6.07) is 11.5. The molecular formula is C25H35N3. The van der Waals surface area contributed by atoms with Gasteiger partial charge >= 0.3 is 0 Å². The third kappa shape index (κ3) is 3.91. The molecule has 5 rings (SSSR count). The lowest BCUT2D eigenvalue weighted by Crippen LogP contribution is -2.48. The van der Waals surface area contributed by atoms with Crippen LogP contribution in [0.4, 0.5) is 5.82 Å². The third-order valence-corrected chi connectivity index (χ3v) is 7.61. The third-order valence-electron chi connectivity index (χ3n) is 7.61. The lowest BCUT2D eigenvalue weighted by atomic mass is 9.84. The van der Waals surface area contributed by atoms with Crippen LogP contribution in [-0.4, -0.2) is 28.0 Å². The maximum Gasteiger partial charge on any atom is 0.126 e. The van der Waals surface area contributed by atoms with E-state index in [0.29, 0.717) is 6.04 Å². The zero-order valence-electron chi connectivity index (χ0n) is 17.4. The second kappa shape index (κ2) is 8.02. The highest BCUT2D eigenvalue weighted by molar-refractivity contribution is 5.84. The molecule has 0 radical (unpaired) electrons. The molecule has 0 unspecified atom stereocenters. The molecule has 3 aliphatic rings. The predicted octanol–water partition coefficient (Wildman–Crippen LogP) is 6.13. The average molecular weight is 378 g/mol. The first kappa shape index (κ1) is 18.4. The van der Waals surface area contributed by atoms with Gasteiger partial charge in [-0.3, -0.25) is 4.90 Å². The minimum Gasteiger partial charge on any atom is -0.367 e. The topological polar surface area (TPSA) is 28.2 Å². The van der Waals surface area contributed by atoms with Crippen LogP contribution in [0.5, 0.6) is 0 Å². The predicted molar refractivity (Wildman–Crippen MR) is 118 cm³/mol. The molecule has 1 aromatic carbocycles. The van der Waals surface area contributed by atoms with E-state index in [0.717, 1.165) is 30.4 Å². The smallest absolute Gasteiger partial charge is 0.126 e. The van der Waals surface area contributed by atoms with Gasteiger partial charge in [-0.25, -0.2) is 4.98 Å². The van der Waals surface area contributed by atoms with Gasteiger partial charge in [-0.05, 0) is 80.4 Å². The molecule has 3 heteroatoms. The fraction of sp³-hybridized carbons (Fsp3) is 0.640. The van der Waals surface area contributed by atoms with Gasteiger partial charge in [0, 0.05) is 36.3 Å². The van der Waals surface area contributed by atoms with E-state index in [1.54, 1.807) is 0 Å². The van der Waals surface area contributed by atoms with Gasteiger partial charge in [0.1, 0.15) is 5.82 Å². The molecule has 0 spiro atoms. The quantitative estimate of drug-likeness (QED) is 0.694. The Kier molecular flexibility index (Phi) is 5.28. The molecule has 150 valence electrons. The lowest BCUT2D eigenvalue weighted by Gasteiger charge is -2.46. The molecule has 3 heterocycles. The molecule has 1 N–H and O–H groups in total. The summed E-state index contributed by atoms with van der Waals surface area (Å²) >= 11 is 0. The largest absolute Gasteiger partial charge is 0.367 e. The van der Waals surface area contributed by atoms with E-state index >= 15 is 0 Å². The van der Waals surface area contributed by atoms with Crippen molar-refractivity contribution < 1.29 is 0 Å². The summed E-state index contributed by atoms with van der Waals surface area (Å²) in [6.07, 6.45) is 15.8. The van der Waals surface area contributed by atoms with Gasteiger partial charge in [0.15, 0.2) is 0 Å². The monoisotopic (exact) mass is 377 g/mol. The second-order valence-corrected chi connectivity index (χ2v) is 9.69. The van der Waals surface area contributed by atoms with Crippen molar-refractivity contribution in [3.63, 3.8) is 0 Å². The van der Waals surface area contributed by atoms with Crippen LogP contribution in [0, 0.1) is 5.92 Å². The Morgan fingerprint density at radius 2 is 1.61 bits per heavy atom. The first-order valence-corrected chi connectivity index (χ1v) is 11.7. The van der Waals surface area contributed by atoms with Gasteiger partial charge in [-0.2, -0.15) is 0 Å². The van der Waals surface area contributed by atoms with Gasteiger partial charge in [-0.15, -0.1) is 0 Å². The van der Waals surface area contributed by atoms with E-state index in [4.69, 9.17) is 4.98 Å². The van der Waals surface area contributed by atoms with Crippen LogP contribution in [-0.2, 0) is 6.54 Å². The van der Waals surface area contributed by atoms with Gasteiger partial charge in [0.2, 0.25) is 0 Å². The van der Waals surface area contributed by atoms with E-state index < -0.39 is 0 Å². The number of nitrogens with zero attached hydrogens (tertiary/aromatic N) is 2. The van der Waals surface area contributed by atoms with Crippen molar-refractivity contribution in [2.24, 2.45) is 5.92 Å². The second-order valence-electron chi connectivity index (χ2n) is 9.69. The molecule has 0 amide bonds. The molecule has 2 saturated heterocycles. The van der Waals surface area contributed by atoms with Crippen molar-refractivity contribution in [2.45, 2.75) is 95.8 Å². The first-order chi connectivity index (χ1) is 13.7.